The van der Waals surface area contributed by atoms with Gasteiger partial charge < -0.3 is 0 Å². The summed E-state index contributed by atoms with van der Waals surface area (Å²) in [5.74, 6) is 0.590. The molecule has 1 unspecified atom stereocenters. The molecule has 0 aliphatic heterocycles. The second-order valence-electron chi connectivity index (χ2n) is 6.11. The van der Waals surface area contributed by atoms with E-state index in [0.29, 0.717) is 5.92 Å². The number of hydrogen-bond acceptors (Lipinski definition) is 1. The van der Waals surface area contributed by atoms with E-state index in [1.807, 2.05) is 11.3 Å². The summed E-state index contributed by atoms with van der Waals surface area (Å²) in [5.41, 5.74) is 2.94. The molecule has 1 atom stereocenters. The summed E-state index contributed by atoms with van der Waals surface area (Å²) in [6, 6.07) is 26.5. The van der Waals surface area contributed by atoms with Gasteiger partial charge in [-0.05, 0) is 36.0 Å². The first-order chi connectivity index (χ1) is 11.4. The van der Waals surface area contributed by atoms with Crippen LogP contribution < -0.4 is 0 Å². The minimum atomic E-state index is 0.590. The van der Waals surface area contributed by atoms with Crippen molar-refractivity contribution in [3.63, 3.8) is 0 Å². The molecule has 0 amide bonds. The maximum absolute atomic E-state index is 2.31. The fraction of sp³-hybridized carbons (Fsp3) is 0.182. The van der Waals surface area contributed by atoms with Crippen molar-refractivity contribution < 1.29 is 0 Å². The van der Waals surface area contributed by atoms with Crippen molar-refractivity contribution in [1.82, 2.24) is 0 Å². The molecule has 0 spiro atoms. The third-order valence-corrected chi connectivity index (χ3v) is 5.98. The summed E-state index contributed by atoms with van der Waals surface area (Å²) < 4.78 is 2.85. The topological polar surface area (TPSA) is 0 Å². The zero-order valence-electron chi connectivity index (χ0n) is 13.3. The van der Waals surface area contributed by atoms with Gasteiger partial charge in [0, 0.05) is 20.2 Å². The lowest BCUT2D eigenvalue weighted by Gasteiger charge is -2.16. The fourth-order valence-electron chi connectivity index (χ4n) is 3.45. The van der Waals surface area contributed by atoms with Gasteiger partial charge in [-0.15, -0.1) is 11.3 Å². The Morgan fingerprint density at radius 2 is 1.52 bits per heavy atom. The van der Waals surface area contributed by atoms with E-state index in [0.717, 1.165) is 6.42 Å². The van der Waals surface area contributed by atoms with Gasteiger partial charge in [0.15, 0.2) is 0 Å². The predicted molar refractivity (Wildman–Crippen MR) is 103 cm³/mol. The molecule has 0 aliphatic carbocycles. The lowest BCUT2D eigenvalue weighted by atomic mass is 9.89. The van der Waals surface area contributed by atoms with Gasteiger partial charge in [0.25, 0.3) is 0 Å². The number of rotatable bonds is 4. The van der Waals surface area contributed by atoms with Crippen LogP contribution in [-0.2, 0) is 6.42 Å². The SMILES string of the molecule is CCC(Cc1cccc2c1sc1ccccc12)c1ccccc1. The molecule has 0 N–H and O–H groups in total. The summed E-state index contributed by atoms with van der Waals surface area (Å²) in [6.45, 7) is 2.29. The van der Waals surface area contributed by atoms with Crippen molar-refractivity contribution in [2.45, 2.75) is 25.7 Å². The molecule has 23 heavy (non-hydrogen) atoms. The van der Waals surface area contributed by atoms with Crippen molar-refractivity contribution in [2.75, 3.05) is 0 Å². The molecule has 114 valence electrons. The molecule has 1 heteroatoms. The second kappa shape index (κ2) is 6.17. The lowest BCUT2D eigenvalue weighted by Crippen LogP contribution is -2.01. The minimum Gasteiger partial charge on any atom is -0.135 e. The molecule has 3 aromatic carbocycles. The van der Waals surface area contributed by atoms with Gasteiger partial charge in [0.05, 0.1) is 0 Å². The molecule has 0 saturated carbocycles. The summed E-state index contributed by atoms with van der Waals surface area (Å²) in [7, 11) is 0. The van der Waals surface area contributed by atoms with Crippen LogP contribution in [0, 0.1) is 0 Å². The van der Waals surface area contributed by atoms with Crippen LogP contribution in [-0.4, -0.2) is 0 Å². The highest BCUT2D eigenvalue weighted by atomic mass is 32.1. The Bertz CT molecular complexity index is 934. The average Bonchev–Trinajstić information content (AvgIpc) is 3.00. The summed E-state index contributed by atoms with van der Waals surface area (Å²) in [5, 5.41) is 2.80. The van der Waals surface area contributed by atoms with Crippen molar-refractivity contribution in [3.05, 3.63) is 83.9 Å². The minimum absolute atomic E-state index is 0.590. The van der Waals surface area contributed by atoms with Gasteiger partial charge in [-0.2, -0.15) is 0 Å². The Balaban J connectivity index is 1.79. The van der Waals surface area contributed by atoms with Crippen LogP contribution in [0.25, 0.3) is 20.2 Å². The Kier molecular flexibility index (Phi) is 3.88. The van der Waals surface area contributed by atoms with Crippen molar-refractivity contribution >= 4 is 31.5 Å². The van der Waals surface area contributed by atoms with Gasteiger partial charge in [-0.3, -0.25) is 0 Å². The largest absolute Gasteiger partial charge is 0.135 e. The number of hydrogen-bond donors (Lipinski definition) is 0. The molecule has 0 nitrogen and oxygen atoms in total. The van der Waals surface area contributed by atoms with E-state index in [-0.39, 0.29) is 0 Å². The fourth-order valence-corrected chi connectivity index (χ4v) is 4.68. The Morgan fingerprint density at radius 1 is 0.783 bits per heavy atom. The standard InChI is InChI=1S/C22H20S/c1-2-16(17-9-4-3-5-10-17)15-18-11-8-13-20-19-12-6-7-14-21(19)23-22(18)20/h3-14,16H,2,15H2,1H3. The first-order valence-electron chi connectivity index (χ1n) is 8.31. The number of benzene rings is 3. The van der Waals surface area contributed by atoms with E-state index < -0.39 is 0 Å². The zero-order chi connectivity index (χ0) is 15.6. The van der Waals surface area contributed by atoms with E-state index in [1.165, 1.54) is 37.7 Å². The second-order valence-corrected chi connectivity index (χ2v) is 7.16. The highest BCUT2D eigenvalue weighted by molar-refractivity contribution is 7.26. The third-order valence-electron chi connectivity index (χ3n) is 4.72. The molecule has 0 bridgehead atoms. The Morgan fingerprint density at radius 3 is 2.35 bits per heavy atom. The van der Waals surface area contributed by atoms with E-state index in [9.17, 15) is 0 Å². The molecule has 4 rings (SSSR count). The monoisotopic (exact) mass is 316 g/mol. The maximum Gasteiger partial charge on any atom is 0.0387 e. The zero-order valence-corrected chi connectivity index (χ0v) is 14.1. The van der Waals surface area contributed by atoms with E-state index in [1.54, 1.807) is 0 Å². The highest BCUT2D eigenvalue weighted by Crippen LogP contribution is 2.37. The van der Waals surface area contributed by atoms with Crippen LogP contribution in [0.15, 0.2) is 72.8 Å². The number of fused-ring (bicyclic) bond motifs is 3. The van der Waals surface area contributed by atoms with Crippen LogP contribution >= 0.6 is 11.3 Å². The van der Waals surface area contributed by atoms with Gasteiger partial charge in [0.1, 0.15) is 0 Å². The smallest absolute Gasteiger partial charge is 0.0387 e. The highest BCUT2D eigenvalue weighted by Gasteiger charge is 2.14. The van der Waals surface area contributed by atoms with Crippen molar-refractivity contribution in [2.24, 2.45) is 0 Å². The molecule has 0 aliphatic rings. The lowest BCUT2D eigenvalue weighted by molar-refractivity contribution is 0.663. The van der Waals surface area contributed by atoms with Gasteiger partial charge in [-0.1, -0.05) is 73.7 Å². The molecule has 4 aromatic rings. The molecule has 0 saturated heterocycles. The maximum atomic E-state index is 2.31. The van der Waals surface area contributed by atoms with Crippen LogP contribution in [0.4, 0.5) is 0 Å². The molecule has 0 radical (unpaired) electrons. The molecule has 0 fully saturated rings. The quantitative estimate of drug-likeness (QED) is 0.389. The van der Waals surface area contributed by atoms with Crippen LogP contribution in [0.5, 0.6) is 0 Å². The van der Waals surface area contributed by atoms with Gasteiger partial charge >= 0.3 is 0 Å². The van der Waals surface area contributed by atoms with Crippen LogP contribution in [0.1, 0.15) is 30.4 Å². The Hall–Kier alpha value is -2.12. The van der Waals surface area contributed by atoms with Crippen LogP contribution in [0.3, 0.4) is 0 Å². The first kappa shape index (κ1) is 14.5. The van der Waals surface area contributed by atoms with Crippen LogP contribution in [0.2, 0.25) is 0 Å². The van der Waals surface area contributed by atoms with E-state index >= 15 is 0 Å². The Labute approximate surface area is 141 Å². The summed E-state index contributed by atoms with van der Waals surface area (Å²) >= 11 is 1.94. The average molecular weight is 316 g/mol. The summed E-state index contributed by atoms with van der Waals surface area (Å²) in [4.78, 5) is 0. The van der Waals surface area contributed by atoms with E-state index in [4.69, 9.17) is 0 Å². The third kappa shape index (κ3) is 2.66. The molecular weight excluding hydrogens is 296 g/mol. The molecular formula is C22H20S. The molecule has 1 aromatic heterocycles. The normalized spacial score (nSPS) is 12.7. The first-order valence-corrected chi connectivity index (χ1v) is 9.12. The van der Waals surface area contributed by atoms with E-state index in [2.05, 4.69) is 79.7 Å². The number of thiophene rings is 1. The van der Waals surface area contributed by atoms with Crippen molar-refractivity contribution in [1.29, 1.82) is 0 Å². The molecule has 1 heterocycles. The predicted octanol–water partition coefficient (Wildman–Crippen LogP) is 6.79. The summed E-state index contributed by atoms with van der Waals surface area (Å²) in [6.07, 6.45) is 2.29. The van der Waals surface area contributed by atoms with Gasteiger partial charge in [0.2, 0.25) is 0 Å². The van der Waals surface area contributed by atoms with Gasteiger partial charge in [-0.25, -0.2) is 0 Å². The van der Waals surface area contributed by atoms with Crippen molar-refractivity contribution in [3.8, 4) is 0 Å².